The topological polar surface area (TPSA) is 30.5 Å². The Hall–Kier alpha value is 0.250. The molecule has 1 N–H and O–H groups in total. The standard InChI is InChI=1S/C14H21Br2NO2S/c1-18-6-4-17-10-11-8-12(15)14(13(16)9-11)19-5-3-7-20-2/h8-9,17H,3-7,10H2,1-2H3. The van der Waals surface area contributed by atoms with E-state index in [4.69, 9.17) is 9.47 Å². The van der Waals surface area contributed by atoms with Gasteiger partial charge in [-0.25, -0.2) is 0 Å². The summed E-state index contributed by atoms with van der Waals surface area (Å²) < 4.78 is 12.8. The second-order valence-electron chi connectivity index (χ2n) is 4.25. The van der Waals surface area contributed by atoms with Crippen LogP contribution in [0.25, 0.3) is 0 Å². The van der Waals surface area contributed by atoms with E-state index < -0.39 is 0 Å². The van der Waals surface area contributed by atoms with Crippen molar-refractivity contribution in [3.63, 3.8) is 0 Å². The maximum absolute atomic E-state index is 5.82. The third kappa shape index (κ3) is 6.80. The Morgan fingerprint density at radius 1 is 1.20 bits per heavy atom. The van der Waals surface area contributed by atoms with Crippen molar-refractivity contribution >= 4 is 43.6 Å². The first-order valence-corrected chi connectivity index (χ1v) is 9.46. The lowest BCUT2D eigenvalue weighted by molar-refractivity contribution is 0.199. The summed E-state index contributed by atoms with van der Waals surface area (Å²) in [5, 5.41) is 3.33. The summed E-state index contributed by atoms with van der Waals surface area (Å²) in [5.41, 5.74) is 1.20. The molecule has 0 radical (unpaired) electrons. The third-order valence-electron chi connectivity index (χ3n) is 2.61. The van der Waals surface area contributed by atoms with Gasteiger partial charge in [0.25, 0.3) is 0 Å². The maximum Gasteiger partial charge on any atom is 0.147 e. The molecule has 20 heavy (non-hydrogen) atoms. The molecule has 0 atom stereocenters. The molecule has 114 valence electrons. The highest BCUT2D eigenvalue weighted by atomic mass is 79.9. The fourth-order valence-electron chi connectivity index (χ4n) is 1.64. The van der Waals surface area contributed by atoms with Crippen LogP contribution in [0.15, 0.2) is 21.1 Å². The summed E-state index contributed by atoms with van der Waals surface area (Å²) in [6.45, 7) is 3.12. The van der Waals surface area contributed by atoms with Gasteiger partial charge in [0, 0.05) is 20.2 Å². The fourth-order valence-corrected chi connectivity index (χ4v) is 3.55. The van der Waals surface area contributed by atoms with Crippen LogP contribution in [0.3, 0.4) is 0 Å². The molecule has 0 saturated heterocycles. The van der Waals surface area contributed by atoms with Gasteiger partial charge in [0.15, 0.2) is 0 Å². The smallest absolute Gasteiger partial charge is 0.147 e. The molecule has 0 saturated carbocycles. The van der Waals surface area contributed by atoms with Crippen molar-refractivity contribution in [3.05, 3.63) is 26.6 Å². The van der Waals surface area contributed by atoms with Crippen molar-refractivity contribution < 1.29 is 9.47 Å². The van der Waals surface area contributed by atoms with Gasteiger partial charge in [-0.15, -0.1) is 0 Å². The van der Waals surface area contributed by atoms with Crippen molar-refractivity contribution in [2.75, 3.05) is 38.9 Å². The molecule has 0 aliphatic carbocycles. The Morgan fingerprint density at radius 2 is 1.90 bits per heavy atom. The van der Waals surface area contributed by atoms with Gasteiger partial charge in [0.05, 0.1) is 22.2 Å². The van der Waals surface area contributed by atoms with E-state index in [1.165, 1.54) is 5.56 Å². The molecule has 6 heteroatoms. The number of benzene rings is 1. The predicted octanol–water partition coefficient (Wildman–Crippen LogP) is 4.08. The van der Waals surface area contributed by atoms with Crippen LogP contribution in [0.5, 0.6) is 5.75 Å². The summed E-state index contributed by atoms with van der Waals surface area (Å²) in [6, 6.07) is 4.18. The Morgan fingerprint density at radius 3 is 2.50 bits per heavy atom. The van der Waals surface area contributed by atoms with Crippen LogP contribution in [-0.2, 0) is 11.3 Å². The second kappa shape index (κ2) is 10.9. The molecule has 0 aliphatic rings. The van der Waals surface area contributed by atoms with Crippen LogP contribution in [-0.4, -0.2) is 38.9 Å². The average Bonchev–Trinajstić information content (AvgIpc) is 2.42. The van der Waals surface area contributed by atoms with E-state index in [9.17, 15) is 0 Å². The average molecular weight is 427 g/mol. The van der Waals surface area contributed by atoms with Gasteiger partial charge in [0.1, 0.15) is 5.75 Å². The van der Waals surface area contributed by atoms with Crippen LogP contribution in [0.2, 0.25) is 0 Å². The predicted molar refractivity (Wildman–Crippen MR) is 93.9 cm³/mol. The first-order valence-electron chi connectivity index (χ1n) is 6.48. The molecule has 0 aliphatic heterocycles. The van der Waals surface area contributed by atoms with Gasteiger partial charge in [-0.1, -0.05) is 0 Å². The van der Waals surface area contributed by atoms with Crippen molar-refractivity contribution in [1.29, 1.82) is 0 Å². The van der Waals surface area contributed by atoms with E-state index in [0.717, 1.165) is 53.2 Å². The lowest BCUT2D eigenvalue weighted by atomic mass is 10.2. The van der Waals surface area contributed by atoms with Crippen molar-refractivity contribution in [2.45, 2.75) is 13.0 Å². The molecule has 3 nitrogen and oxygen atoms in total. The van der Waals surface area contributed by atoms with Crippen LogP contribution in [0.1, 0.15) is 12.0 Å². The highest BCUT2D eigenvalue weighted by molar-refractivity contribution is 9.11. The Balaban J connectivity index is 2.52. The highest BCUT2D eigenvalue weighted by Gasteiger charge is 2.09. The van der Waals surface area contributed by atoms with E-state index in [1.807, 2.05) is 11.8 Å². The van der Waals surface area contributed by atoms with E-state index >= 15 is 0 Å². The first-order chi connectivity index (χ1) is 9.69. The van der Waals surface area contributed by atoms with Gasteiger partial charge < -0.3 is 14.8 Å². The number of thioether (sulfide) groups is 1. The molecule has 0 heterocycles. The lowest BCUT2D eigenvalue weighted by Gasteiger charge is -2.12. The van der Waals surface area contributed by atoms with Crippen molar-refractivity contribution in [1.82, 2.24) is 5.32 Å². The zero-order valence-electron chi connectivity index (χ0n) is 11.9. The molecule has 0 bridgehead atoms. The fraction of sp³-hybridized carbons (Fsp3) is 0.571. The monoisotopic (exact) mass is 425 g/mol. The number of methoxy groups -OCH3 is 1. The minimum Gasteiger partial charge on any atom is -0.491 e. The summed E-state index contributed by atoms with van der Waals surface area (Å²) >= 11 is 8.99. The summed E-state index contributed by atoms with van der Waals surface area (Å²) in [7, 11) is 1.71. The minimum absolute atomic E-state index is 0.721. The number of hydrogen-bond acceptors (Lipinski definition) is 4. The molecular formula is C14H21Br2NO2S. The van der Waals surface area contributed by atoms with E-state index in [-0.39, 0.29) is 0 Å². The van der Waals surface area contributed by atoms with E-state index in [2.05, 4.69) is 55.6 Å². The SMILES string of the molecule is COCCNCc1cc(Br)c(OCCCSC)c(Br)c1. The van der Waals surface area contributed by atoms with Crippen LogP contribution in [0.4, 0.5) is 0 Å². The van der Waals surface area contributed by atoms with Gasteiger partial charge in [-0.05, 0) is 68.0 Å². The summed E-state index contributed by atoms with van der Waals surface area (Å²) in [4.78, 5) is 0. The van der Waals surface area contributed by atoms with Gasteiger partial charge in [-0.3, -0.25) is 0 Å². The number of rotatable bonds is 10. The molecule has 0 aromatic heterocycles. The Labute approximate surface area is 142 Å². The molecule has 0 fully saturated rings. The van der Waals surface area contributed by atoms with Crippen LogP contribution >= 0.6 is 43.6 Å². The zero-order valence-corrected chi connectivity index (χ0v) is 15.9. The highest BCUT2D eigenvalue weighted by Crippen LogP contribution is 2.34. The normalized spacial score (nSPS) is 10.8. The molecular weight excluding hydrogens is 406 g/mol. The van der Waals surface area contributed by atoms with Gasteiger partial charge in [-0.2, -0.15) is 11.8 Å². The molecule has 0 amide bonds. The molecule has 1 aromatic carbocycles. The quantitative estimate of drug-likeness (QED) is 0.571. The van der Waals surface area contributed by atoms with Gasteiger partial charge in [0.2, 0.25) is 0 Å². The maximum atomic E-state index is 5.82. The zero-order chi connectivity index (χ0) is 14.8. The Bertz CT molecular complexity index is 382. The number of ether oxygens (including phenoxy) is 2. The molecule has 1 rings (SSSR count). The van der Waals surface area contributed by atoms with Gasteiger partial charge >= 0.3 is 0 Å². The number of nitrogens with one attached hydrogen (secondary N) is 1. The minimum atomic E-state index is 0.721. The molecule has 1 aromatic rings. The van der Waals surface area contributed by atoms with Crippen LogP contribution < -0.4 is 10.1 Å². The summed E-state index contributed by atoms with van der Waals surface area (Å²) in [6.07, 6.45) is 3.16. The number of halogens is 2. The summed E-state index contributed by atoms with van der Waals surface area (Å²) in [5.74, 6) is 2.00. The molecule has 0 unspecified atom stereocenters. The third-order valence-corrected chi connectivity index (χ3v) is 4.48. The first kappa shape index (κ1) is 18.3. The van der Waals surface area contributed by atoms with Crippen molar-refractivity contribution in [2.24, 2.45) is 0 Å². The number of hydrogen-bond donors (Lipinski definition) is 1. The largest absolute Gasteiger partial charge is 0.491 e. The van der Waals surface area contributed by atoms with E-state index in [1.54, 1.807) is 7.11 Å². The van der Waals surface area contributed by atoms with Crippen LogP contribution in [0, 0.1) is 0 Å². The van der Waals surface area contributed by atoms with Crippen molar-refractivity contribution in [3.8, 4) is 5.75 Å². The second-order valence-corrected chi connectivity index (χ2v) is 6.95. The van der Waals surface area contributed by atoms with E-state index in [0.29, 0.717) is 0 Å². The molecule has 0 spiro atoms. The Kier molecular flexibility index (Phi) is 9.98. The lowest BCUT2D eigenvalue weighted by Crippen LogP contribution is -2.18.